The zero-order valence-corrected chi connectivity index (χ0v) is 10.5. The summed E-state index contributed by atoms with van der Waals surface area (Å²) in [7, 11) is -2.30. The molecule has 0 aliphatic carbocycles. The lowest BCUT2D eigenvalue weighted by atomic mass is 10.7. The van der Waals surface area contributed by atoms with Crippen LogP contribution in [0.1, 0.15) is 23.6 Å². The highest BCUT2D eigenvalue weighted by Crippen LogP contribution is 2.44. The van der Waals surface area contributed by atoms with Crippen LogP contribution < -0.4 is 0 Å². The molecule has 0 saturated heterocycles. The van der Waals surface area contributed by atoms with E-state index in [-0.39, 0.29) is 6.35 Å². The van der Waals surface area contributed by atoms with E-state index < -0.39 is 13.1 Å². The molecule has 0 N–H and O–H groups in total. The van der Waals surface area contributed by atoms with Crippen LogP contribution in [-0.4, -0.2) is 29.6 Å². The summed E-state index contributed by atoms with van der Waals surface area (Å²) < 4.78 is 16.9. The van der Waals surface area contributed by atoms with E-state index in [2.05, 4.69) is 4.98 Å². The molecule has 1 rings (SSSR count). The van der Waals surface area contributed by atoms with Crippen molar-refractivity contribution in [1.82, 2.24) is 4.98 Å². The van der Waals surface area contributed by atoms with Crippen LogP contribution in [0.5, 0.6) is 0 Å². The van der Waals surface area contributed by atoms with E-state index in [0.29, 0.717) is 17.3 Å². The van der Waals surface area contributed by atoms with Crippen LogP contribution >= 0.6 is 18.5 Å². The molecule has 6 heteroatoms. The number of rotatable bonds is 5. The van der Waals surface area contributed by atoms with E-state index in [1.54, 1.807) is 11.6 Å². The predicted molar refractivity (Wildman–Crippen MR) is 61.1 cm³/mol. The molecule has 0 fully saturated rings. The van der Waals surface area contributed by atoms with Crippen molar-refractivity contribution in [2.75, 3.05) is 18.7 Å². The van der Waals surface area contributed by atoms with Gasteiger partial charge < -0.3 is 9.30 Å². The number of hydrogen-bond acceptors (Lipinski definition) is 5. The van der Waals surface area contributed by atoms with Gasteiger partial charge in [-0.2, -0.15) is 0 Å². The van der Waals surface area contributed by atoms with E-state index in [4.69, 9.17) is 4.74 Å². The second-order valence-electron chi connectivity index (χ2n) is 3.09. The van der Waals surface area contributed by atoms with E-state index in [0.717, 1.165) is 0 Å². The summed E-state index contributed by atoms with van der Waals surface area (Å²) in [6, 6.07) is 0. The first-order chi connectivity index (χ1) is 7.11. The first kappa shape index (κ1) is 12.4. The normalized spacial score (nSPS) is 11.3. The van der Waals surface area contributed by atoms with Crippen LogP contribution in [0.3, 0.4) is 0 Å². The van der Waals surface area contributed by atoms with Gasteiger partial charge in [-0.3, -0.25) is 0 Å². The monoisotopic (exact) mass is 247 g/mol. The van der Waals surface area contributed by atoms with Gasteiger partial charge in [0.05, 0.1) is 0 Å². The Morgan fingerprint density at radius 2 is 2.20 bits per heavy atom. The Kier molecular flexibility index (Phi) is 4.48. The minimum Gasteiger partial charge on any atom is -0.452 e. The Morgan fingerprint density at radius 3 is 2.67 bits per heavy atom. The van der Waals surface area contributed by atoms with Gasteiger partial charge in [0.1, 0.15) is 13.5 Å². The molecule has 0 aliphatic heterocycles. The van der Waals surface area contributed by atoms with Gasteiger partial charge in [0.25, 0.3) is 0 Å². The fourth-order valence-electron chi connectivity index (χ4n) is 0.968. The lowest BCUT2D eigenvalue weighted by Crippen LogP contribution is -2.08. The van der Waals surface area contributed by atoms with Crippen molar-refractivity contribution in [2.24, 2.45) is 0 Å². The Hall–Kier alpha value is -0.670. The molecule has 0 bridgehead atoms. The van der Waals surface area contributed by atoms with Crippen LogP contribution in [0.15, 0.2) is 11.6 Å². The minimum absolute atomic E-state index is 0.0262. The third kappa shape index (κ3) is 3.43. The van der Waals surface area contributed by atoms with Gasteiger partial charge in [0.2, 0.25) is 5.01 Å². The third-order valence-corrected chi connectivity index (χ3v) is 5.85. The molecule has 0 radical (unpaired) electrons. The molecule has 84 valence electrons. The van der Waals surface area contributed by atoms with Gasteiger partial charge in [-0.15, -0.1) is 11.3 Å². The topological polar surface area (TPSA) is 56.3 Å². The Bertz CT molecular complexity index is 355. The number of carbonyl (C=O) groups is 1. The number of thiazole rings is 1. The number of esters is 1. The molecule has 0 spiro atoms. The molecular weight excluding hydrogens is 233 g/mol. The molecular formula is C9H14NO3PS. The van der Waals surface area contributed by atoms with Gasteiger partial charge in [-0.25, -0.2) is 9.78 Å². The predicted octanol–water partition coefficient (Wildman–Crippen LogP) is 2.66. The molecule has 4 nitrogen and oxygen atoms in total. The van der Waals surface area contributed by atoms with Crippen LogP contribution in [0, 0.1) is 0 Å². The second-order valence-corrected chi connectivity index (χ2v) is 7.62. The smallest absolute Gasteiger partial charge is 0.367 e. The lowest BCUT2D eigenvalue weighted by molar-refractivity contribution is 0.0569. The summed E-state index contributed by atoms with van der Waals surface area (Å²) in [6.45, 7) is 3.70. The molecule has 1 heterocycles. The highest BCUT2D eigenvalue weighted by molar-refractivity contribution is 7.63. The van der Waals surface area contributed by atoms with Crippen molar-refractivity contribution < 1.29 is 14.1 Å². The molecule has 0 aliphatic rings. The summed E-state index contributed by atoms with van der Waals surface area (Å²) in [5.74, 6) is -0.480. The first-order valence-corrected chi connectivity index (χ1v) is 7.89. The molecule has 0 amide bonds. The standard InChI is InChI=1S/C9H14NO3PS/c1-3-14(12,4-2)7-13-9(11)8-10-5-6-15-8/h5-6H,3-4,7H2,1-2H3. The van der Waals surface area contributed by atoms with Gasteiger partial charge in [-0.1, -0.05) is 13.8 Å². The Balaban J connectivity index is 2.51. The van der Waals surface area contributed by atoms with E-state index in [9.17, 15) is 9.36 Å². The van der Waals surface area contributed by atoms with E-state index in [1.165, 1.54) is 11.3 Å². The lowest BCUT2D eigenvalue weighted by Gasteiger charge is -2.13. The molecule has 1 aromatic heterocycles. The number of hydrogen-bond donors (Lipinski definition) is 0. The quantitative estimate of drug-likeness (QED) is 0.593. The fourth-order valence-corrected chi connectivity index (χ4v) is 2.66. The van der Waals surface area contributed by atoms with Crippen molar-refractivity contribution in [3.8, 4) is 0 Å². The Morgan fingerprint density at radius 1 is 1.53 bits per heavy atom. The Labute approximate surface area is 93.0 Å². The van der Waals surface area contributed by atoms with Crippen molar-refractivity contribution in [1.29, 1.82) is 0 Å². The van der Waals surface area contributed by atoms with Crippen LogP contribution in [0.4, 0.5) is 0 Å². The van der Waals surface area contributed by atoms with E-state index in [1.807, 2.05) is 13.8 Å². The van der Waals surface area contributed by atoms with Gasteiger partial charge in [0, 0.05) is 23.9 Å². The fraction of sp³-hybridized carbons (Fsp3) is 0.556. The summed E-state index contributed by atoms with van der Waals surface area (Å²) >= 11 is 1.22. The maximum absolute atomic E-state index is 11.9. The largest absolute Gasteiger partial charge is 0.452 e. The molecule has 0 aromatic carbocycles. The van der Waals surface area contributed by atoms with Gasteiger partial charge in [-0.05, 0) is 0 Å². The zero-order valence-electron chi connectivity index (χ0n) is 8.80. The maximum Gasteiger partial charge on any atom is 0.367 e. The van der Waals surface area contributed by atoms with Crippen LogP contribution in [0.25, 0.3) is 0 Å². The molecule has 0 unspecified atom stereocenters. The first-order valence-electron chi connectivity index (χ1n) is 4.75. The number of carbonyl (C=O) groups excluding carboxylic acids is 1. The molecule has 0 saturated carbocycles. The SMILES string of the molecule is CCP(=O)(CC)COC(=O)c1nccs1. The van der Waals surface area contributed by atoms with Crippen molar-refractivity contribution in [3.05, 3.63) is 16.6 Å². The summed E-state index contributed by atoms with van der Waals surface area (Å²) in [5, 5.41) is 2.02. The third-order valence-electron chi connectivity index (χ3n) is 2.19. The molecule has 0 atom stereocenters. The van der Waals surface area contributed by atoms with Crippen LogP contribution in [-0.2, 0) is 9.30 Å². The number of aromatic nitrogens is 1. The van der Waals surface area contributed by atoms with Crippen LogP contribution in [0.2, 0.25) is 0 Å². The molecule has 1 aromatic rings. The van der Waals surface area contributed by atoms with Gasteiger partial charge in [0.15, 0.2) is 0 Å². The van der Waals surface area contributed by atoms with Crippen molar-refractivity contribution >= 4 is 24.4 Å². The molecule has 15 heavy (non-hydrogen) atoms. The second kappa shape index (κ2) is 5.42. The highest BCUT2D eigenvalue weighted by Gasteiger charge is 2.20. The zero-order chi connectivity index (χ0) is 11.3. The summed E-state index contributed by atoms with van der Waals surface area (Å²) in [5.41, 5.74) is 0. The average Bonchev–Trinajstić information content (AvgIpc) is 2.79. The average molecular weight is 247 g/mol. The minimum atomic E-state index is -2.30. The van der Waals surface area contributed by atoms with Crippen molar-refractivity contribution in [3.63, 3.8) is 0 Å². The summed E-state index contributed by atoms with van der Waals surface area (Å²) in [6.07, 6.45) is 2.70. The van der Waals surface area contributed by atoms with Crippen molar-refractivity contribution in [2.45, 2.75) is 13.8 Å². The summed E-state index contributed by atoms with van der Waals surface area (Å²) in [4.78, 5) is 15.2. The maximum atomic E-state index is 11.9. The van der Waals surface area contributed by atoms with E-state index >= 15 is 0 Å². The highest BCUT2D eigenvalue weighted by atomic mass is 32.1. The number of ether oxygens (including phenoxy) is 1. The number of nitrogens with zero attached hydrogens (tertiary/aromatic N) is 1. The van der Waals surface area contributed by atoms with Gasteiger partial charge >= 0.3 is 5.97 Å².